The van der Waals surface area contributed by atoms with Gasteiger partial charge in [0.15, 0.2) is 5.78 Å². The van der Waals surface area contributed by atoms with E-state index in [9.17, 15) is 23.3 Å². The Labute approximate surface area is 133 Å². The van der Waals surface area contributed by atoms with Crippen LogP contribution in [0.3, 0.4) is 0 Å². The number of carbonyl (C=O) groups excluding carboxylic acids is 1. The summed E-state index contributed by atoms with van der Waals surface area (Å²) in [6.45, 7) is -0.360. The lowest BCUT2D eigenvalue weighted by Crippen LogP contribution is -2.30. The number of sulfonamides is 1. The van der Waals surface area contributed by atoms with Crippen molar-refractivity contribution >= 4 is 21.5 Å². The Balaban J connectivity index is 2.01. The zero-order valence-corrected chi connectivity index (χ0v) is 12.8. The number of hydrogen-bond acceptors (Lipinski definition) is 5. The van der Waals surface area contributed by atoms with E-state index in [1.54, 1.807) is 30.3 Å². The van der Waals surface area contributed by atoms with Gasteiger partial charge in [-0.25, -0.2) is 13.1 Å². The van der Waals surface area contributed by atoms with E-state index < -0.39 is 20.7 Å². The molecule has 23 heavy (non-hydrogen) atoms. The van der Waals surface area contributed by atoms with Crippen molar-refractivity contribution in [1.29, 1.82) is 0 Å². The normalized spacial score (nSPS) is 11.1. The Kier molecular flexibility index (Phi) is 5.20. The van der Waals surface area contributed by atoms with Crippen molar-refractivity contribution in [1.82, 2.24) is 4.72 Å². The second-order valence-corrected chi connectivity index (χ2v) is 6.60. The second-order valence-electron chi connectivity index (χ2n) is 4.80. The Morgan fingerprint density at radius 1 is 1.09 bits per heavy atom. The van der Waals surface area contributed by atoms with Crippen LogP contribution in [-0.4, -0.2) is 25.7 Å². The third kappa shape index (κ3) is 4.97. The van der Waals surface area contributed by atoms with Crippen molar-refractivity contribution in [2.45, 2.75) is 5.75 Å². The number of Topliss-reactive ketones (excluding diaryl/α,β-unsaturated/α-hetero) is 1. The zero-order valence-electron chi connectivity index (χ0n) is 12.0. The molecule has 0 aliphatic heterocycles. The molecule has 0 heterocycles. The van der Waals surface area contributed by atoms with Gasteiger partial charge in [-0.1, -0.05) is 42.5 Å². The first kappa shape index (κ1) is 16.8. The average Bonchev–Trinajstić information content (AvgIpc) is 2.53. The fourth-order valence-corrected chi connectivity index (χ4v) is 3.00. The molecule has 0 amide bonds. The molecule has 0 fully saturated rings. The zero-order chi connectivity index (χ0) is 16.9. The predicted octanol–water partition coefficient (Wildman–Crippen LogP) is 1.90. The number of nitro benzene ring substituents is 1. The van der Waals surface area contributed by atoms with Gasteiger partial charge in [-0.15, -0.1) is 0 Å². The molecule has 7 nitrogen and oxygen atoms in total. The molecule has 0 aliphatic carbocycles. The first-order valence-electron chi connectivity index (χ1n) is 6.66. The molecule has 2 aromatic rings. The molecule has 0 unspecified atom stereocenters. The van der Waals surface area contributed by atoms with Crippen molar-refractivity contribution in [3.8, 4) is 0 Å². The van der Waals surface area contributed by atoms with Crippen LogP contribution < -0.4 is 4.72 Å². The molecular formula is C15H14N2O5S. The molecule has 2 aromatic carbocycles. The van der Waals surface area contributed by atoms with E-state index >= 15 is 0 Å². The number of carbonyl (C=O) groups is 1. The molecule has 0 bridgehead atoms. The van der Waals surface area contributed by atoms with Crippen molar-refractivity contribution in [3.05, 3.63) is 75.8 Å². The molecular weight excluding hydrogens is 320 g/mol. The minimum atomic E-state index is -3.77. The van der Waals surface area contributed by atoms with Gasteiger partial charge in [0.25, 0.3) is 5.69 Å². The van der Waals surface area contributed by atoms with Crippen molar-refractivity contribution in [3.63, 3.8) is 0 Å². The molecule has 8 heteroatoms. The summed E-state index contributed by atoms with van der Waals surface area (Å²) in [6.07, 6.45) is 0. The molecule has 0 aliphatic rings. The molecule has 0 saturated carbocycles. The van der Waals surface area contributed by atoms with Crippen molar-refractivity contribution < 1.29 is 18.1 Å². The summed E-state index contributed by atoms with van der Waals surface area (Å²) >= 11 is 0. The van der Waals surface area contributed by atoms with Gasteiger partial charge in [-0.05, 0) is 5.56 Å². The number of nitrogens with zero attached hydrogens (tertiary/aromatic N) is 1. The van der Waals surface area contributed by atoms with E-state index in [0.29, 0.717) is 5.56 Å². The highest BCUT2D eigenvalue weighted by molar-refractivity contribution is 7.88. The van der Waals surface area contributed by atoms with Crippen LogP contribution in [0.1, 0.15) is 15.9 Å². The number of non-ortho nitro benzene ring substituents is 1. The number of benzene rings is 2. The van der Waals surface area contributed by atoms with Gasteiger partial charge in [-0.2, -0.15) is 0 Å². The maximum absolute atomic E-state index is 12.0. The van der Waals surface area contributed by atoms with E-state index in [1.807, 2.05) is 0 Å². The summed E-state index contributed by atoms with van der Waals surface area (Å²) < 4.78 is 26.2. The molecule has 0 atom stereocenters. The SMILES string of the molecule is O=C(CNS(=O)(=O)Cc1cccc([N+](=O)[O-])c1)c1ccccc1. The van der Waals surface area contributed by atoms with Crippen LogP contribution in [0.2, 0.25) is 0 Å². The van der Waals surface area contributed by atoms with Crippen LogP contribution in [-0.2, 0) is 15.8 Å². The maximum atomic E-state index is 12.0. The number of nitro groups is 1. The number of hydrogen-bond donors (Lipinski definition) is 1. The summed E-state index contributed by atoms with van der Waals surface area (Å²) in [5, 5.41) is 10.7. The molecule has 1 N–H and O–H groups in total. The topological polar surface area (TPSA) is 106 Å². The number of nitrogens with one attached hydrogen (secondary N) is 1. The number of ketones is 1. The number of rotatable bonds is 7. The van der Waals surface area contributed by atoms with Gasteiger partial charge in [0, 0.05) is 17.7 Å². The molecule has 120 valence electrons. The predicted molar refractivity (Wildman–Crippen MR) is 84.5 cm³/mol. The van der Waals surface area contributed by atoms with E-state index in [0.717, 1.165) is 0 Å². The van der Waals surface area contributed by atoms with Crippen LogP contribution >= 0.6 is 0 Å². The van der Waals surface area contributed by atoms with Crippen molar-refractivity contribution in [2.75, 3.05) is 6.54 Å². The minimum Gasteiger partial charge on any atom is -0.293 e. The molecule has 0 aromatic heterocycles. The van der Waals surface area contributed by atoms with Gasteiger partial charge in [-0.3, -0.25) is 14.9 Å². The van der Waals surface area contributed by atoms with Gasteiger partial charge < -0.3 is 0 Å². The van der Waals surface area contributed by atoms with Crippen LogP contribution in [0.25, 0.3) is 0 Å². The summed E-state index contributed by atoms with van der Waals surface area (Å²) in [6, 6.07) is 13.7. The Bertz CT molecular complexity index is 819. The van der Waals surface area contributed by atoms with E-state index in [1.165, 1.54) is 24.3 Å². The maximum Gasteiger partial charge on any atom is 0.269 e. The van der Waals surface area contributed by atoms with Crippen LogP contribution in [0.15, 0.2) is 54.6 Å². The van der Waals surface area contributed by atoms with Crippen LogP contribution in [0, 0.1) is 10.1 Å². The van der Waals surface area contributed by atoms with Gasteiger partial charge in [0.05, 0.1) is 17.2 Å². The van der Waals surface area contributed by atoms with Gasteiger partial charge in [0.1, 0.15) is 0 Å². The smallest absolute Gasteiger partial charge is 0.269 e. The standard InChI is InChI=1S/C15H14N2O5S/c18-15(13-6-2-1-3-7-13)10-16-23(21,22)11-12-5-4-8-14(9-12)17(19)20/h1-9,16H,10-11H2. The van der Waals surface area contributed by atoms with E-state index in [2.05, 4.69) is 4.72 Å². The third-order valence-electron chi connectivity index (χ3n) is 3.03. The highest BCUT2D eigenvalue weighted by Crippen LogP contribution is 2.14. The second kappa shape index (κ2) is 7.12. The van der Waals surface area contributed by atoms with Crippen LogP contribution in [0.4, 0.5) is 5.69 Å². The highest BCUT2D eigenvalue weighted by Gasteiger charge is 2.16. The first-order chi connectivity index (χ1) is 10.9. The lowest BCUT2D eigenvalue weighted by atomic mass is 10.1. The van der Waals surface area contributed by atoms with Crippen molar-refractivity contribution in [2.24, 2.45) is 0 Å². The summed E-state index contributed by atoms with van der Waals surface area (Å²) in [5.41, 5.74) is 0.502. The Morgan fingerprint density at radius 2 is 1.78 bits per heavy atom. The summed E-state index contributed by atoms with van der Waals surface area (Å²) in [5.74, 6) is -0.787. The largest absolute Gasteiger partial charge is 0.293 e. The van der Waals surface area contributed by atoms with E-state index in [4.69, 9.17) is 0 Å². The summed E-state index contributed by atoms with van der Waals surface area (Å²) in [7, 11) is -3.77. The summed E-state index contributed by atoms with van der Waals surface area (Å²) in [4.78, 5) is 22.0. The fraction of sp³-hybridized carbons (Fsp3) is 0.133. The first-order valence-corrected chi connectivity index (χ1v) is 8.31. The van der Waals surface area contributed by atoms with Gasteiger partial charge >= 0.3 is 0 Å². The molecule has 0 spiro atoms. The van der Waals surface area contributed by atoms with Gasteiger partial charge in [0.2, 0.25) is 10.0 Å². The fourth-order valence-electron chi connectivity index (χ4n) is 1.93. The lowest BCUT2D eigenvalue weighted by Gasteiger charge is -2.06. The minimum absolute atomic E-state index is 0.182. The average molecular weight is 334 g/mol. The Morgan fingerprint density at radius 3 is 2.43 bits per heavy atom. The van der Waals surface area contributed by atoms with Crippen LogP contribution in [0.5, 0.6) is 0 Å². The molecule has 0 radical (unpaired) electrons. The quantitative estimate of drug-likeness (QED) is 0.473. The third-order valence-corrected chi connectivity index (χ3v) is 4.32. The van der Waals surface area contributed by atoms with E-state index in [-0.39, 0.29) is 23.6 Å². The monoisotopic (exact) mass is 334 g/mol. The highest BCUT2D eigenvalue weighted by atomic mass is 32.2. The molecule has 2 rings (SSSR count). The lowest BCUT2D eigenvalue weighted by molar-refractivity contribution is -0.384. The molecule has 0 saturated heterocycles. The Hall–Kier alpha value is -2.58.